The summed E-state index contributed by atoms with van der Waals surface area (Å²) >= 11 is 0. The normalized spacial score (nSPS) is 21.5. The van der Waals surface area contributed by atoms with E-state index in [1.807, 2.05) is 24.3 Å². The maximum Gasteiger partial charge on any atom is 0.249 e. The number of methoxy groups -OCH3 is 1. The molecule has 5 rings (SSSR count). The minimum Gasteiger partial charge on any atom is -0.497 e. The van der Waals surface area contributed by atoms with Gasteiger partial charge in [0.05, 0.1) is 13.7 Å². The Labute approximate surface area is 188 Å². The Morgan fingerprint density at radius 2 is 1.91 bits per heavy atom. The van der Waals surface area contributed by atoms with E-state index < -0.39 is 6.10 Å². The lowest BCUT2D eigenvalue weighted by atomic mass is 9.80. The van der Waals surface area contributed by atoms with E-state index in [0.29, 0.717) is 19.6 Å². The summed E-state index contributed by atoms with van der Waals surface area (Å²) in [5.41, 5.74) is 4.59. The Morgan fingerprint density at radius 1 is 1.12 bits per heavy atom. The summed E-state index contributed by atoms with van der Waals surface area (Å²) in [6.45, 7) is 2.68. The Kier molecular flexibility index (Phi) is 5.53. The summed E-state index contributed by atoms with van der Waals surface area (Å²) in [5, 5.41) is 3.02. The SMILES string of the molecule is COc1ccc(CN2CC3(COC(C(=O)NCc4ccncc4)C3)c3ccccc32)cc1. The van der Waals surface area contributed by atoms with Gasteiger partial charge in [-0.2, -0.15) is 0 Å². The van der Waals surface area contributed by atoms with Crippen molar-refractivity contribution in [1.82, 2.24) is 10.3 Å². The second-order valence-corrected chi connectivity index (χ2v) is 8.58. The lowest BCUT2D eigenvalue weighted by molar-refractivity contribution is -0.130. The van der Waals surface area contributed by atoms with Gasteiger partial charge in [0.25, 0.3) is 0 Å². The molecule has 6 nitrogen and oxygen atoms in total. The molecule has 1 aromatic heterocycles. The van der Waals surface area contributed by atoms with E-state index >= 15 is 0 Å². The van der Waals surface area contributed by atoms with Crippen molar-refractivity contribution >= 4 is 11.6 Å². The highest BCUT2D eigenvalue weighted by atomic mass is 16.5. The molecule has 2 unspecified atom stereocenters. The van der Waals surface area contributed by atoms with Crippen molar-refractivity contribution in [3.8, 4) is 5.75 Å². The molecule has 2 atom stereocenters. The van der Waals surface area contributed by atoms with E-state index in [4.69, 9.17) is 9.47 Å². The number of ether oxygens (including phenoxy) is 2. The van der Waals surface area contributed by atoms with Crippen LogP contribution in [0.4, 0.5) is 5.69 Å². The molecule has 0 saturated carbocycles. The second-order valence-electron chi connectivity index (χ2n) is 8.58. The van der Waals surface area contributed by atoms with Gasteiger partial charge in [-0.25, -0.2) is 0 Å². The van der Waals surface area contributed by atoms with Gasteiger partial charge in [0.1, 0.15) is 11.9 Å². The number of hydrogen-bond donors (Lipinski definition) is 1. The number of nitrogens with zero attached hydrogens (tertiary/aromatic N) is 2. The third-order valence-electron chi connectivity index (χ3n) is 6.49. The summed E-state index contributed by atoms with van der Waals surface area (Å²) in [4.78, 5) is 19.2. The first-order valence-electron chi connectivity index (χ1n) is 10.9. The molecule has 3 heterocycles. The molecule has 0 radical (unpaired) electrons. The molecule has 1 fully saturated rings. The number of pyridine rings is 1. The van der Waals surface area contributed by atoms with E-state index in [9.17, 15) is 4.79 Å². The highest BCUT2D eigenvalue weighted by molar-refractivity contribution is 5.81. The van der Waals surface area contributed by atoms with E-state index in [1.165, 1.54) is 16.8 Å². The molecular formula is C26H27N3O3. The summed E-state index contributed by atoms with van der Waals surface area (Å²) in [6.07, 6.45) is 3.71. The van der Waals surface area contributed by atoms with Crippen LogP contribution in [0.25, 0.3) is 0 Å². The van der Waals surface area contributed by atoms with Crippen molar-refractivity contribution in [3.05, 3.63) is 89.7 Å². The standard InChI is InChI=1S/C26H27N3O3/c1-31-21-8-6-20(7-9-21)16-29-17-26(22-4-2-3-5-23(22)29)14-24(32-18-26)25(30)28-15-19-10-12-27-13-11-19/h2-13,24H,14-18H2,1H3,(H,28,30). The van der Waals surface area contributed by atoms with Gasteiger partial charge >= 0.3 is 0 Å². The summed E-state index contributed by atoms with van der Waals surface area (Å²) in [6, 6.07) is 20.5. The summed E-state index contributed by atoms with van der Waals surface area (Å²) < 4.78 is 11.3. The van der Waals surface area contributed by atoms with Crippen molar-refractivity contribution in [2.75, 3.05) is 25.2 Å². The number of carbonyl (C=O) groups is 1. The van der Waals surface area contributed by atoms with Gasteiger partial charge in [0.15, 0.2) is 0 Å². The molecule has 1 spiro atoms. The van der Waals surface area contributed by atoms with Crippen LogP contribution in [-0.4, -0.2) is 37.3 Å². The molecule has 0 bridgehead atoms. The average Bonchev–Trinajstić information content (AvgIpc) is 3.41. The van der Waals surface area contributed by atoms with Crippen molar-refractivity contribution in [2.24, 2.45) is 0 Å². The van der Waals surface area contributed by atoms with Gasteiger partial charge in [0, 0.05) is 43.1 Å². The van der Waals surface area contributed by atoms with Gasteiger partial charge in [-0.05, 0) is 53.4 Å². The Morgan fingerprint density at radius 3 is 2.69 bits per heavy atom. The number of aromatic nitrogens is 1. The molecular weight excluding hydrogens is 402 g/mol. The van der Waals surface area contributed by atoms with Gasteiger partial charge < -0.3 is 19.7 Å². The maximum atomic E-state index is 12.8. The average molecular weight is 430 g/mol. The highest BCUT2D eigenvalue weighted by Crippen LogP contribution is 2.47. The number of benzene rings is 2. The van der Waals surface area contributed by atoms with Crippen molar-refractivity contribution in [1.29, 1.82) is 0 Å². The lowest BCUT2D eigenvalue weighted by Gasteiger charge is -2.24. The van der Waals surface area contributed by atoms with Crippen LogP contribution in [0.2, 0.25) is 0 Å². The third kappa shape index (κ3) is 3.94. The van der Waals surface area contributed by atoms with Crippen LogP contribution in [0, 0.1) is 0 Å². The number of nitrogens with one attached hydrogen (secondary N) is 1. The number of rotatable bonds is 6. The number of fused-ring (bicyclic) bond motifs is 2. The number of hydrogen-bond acceptors (Lipinski definition) is 5. The van der Waals surface area contributed by atoms with E-state index in [1.54, 1.807) is 19.5 Å². The van der Waals surface area contributed by atoms with E-state index in [2.05, 4.69) is 51.6 Å². The number of carbonyl (C=O) groups excluding carboxylic acids is 1. The van der Waals surface area contributed by atoms with Crippen LogP contribution in [0.3, 0.4) is 0 Å². The van der Waals surface area contributed by atoms with Crippen LogP contribution < -0.4 is 15.0 Å². The van der Waals surface area contributed by atoms with Gasteiger partial charge in [-0.3, -0.25) is 9.78 Å². The molecule has 32 heavy (non-hydrogen) atoms. The molecule has 164 valence electrons. The minimum atomic E-state index is -0.439. The molecule has 2 aliphatic rings. The molecule has 1 saturated heterocycles. The summed E-state index contributed by atoms with van der Waals surface area (Å²) in [5.74, 6) is 0.807. The Bertz CT molecular complexity index is 1090. The zero-order chi connectivity index (χ0) is 22.0. The molecule has 1 N–H and O–H groups in total. The number of anilines is 1. The zero-order valence-electron chi connectivity index (χ0n) is 18.2. The van der Waals surface area contributed by atoms with Crippen molar-refractivity contribution < 1.29 is 14.3 Å². The zero-order valence-corrected chi connectivity index (χ0v) is 18.2. The highest BCUT2D eigenvalue weighted by Gasteiger charge is 2.50. The third-order valence-corrected chi connectivity index (χ3v) is 6.49. The van der Waals surface area contributed by atoms with Crippen LogP contribution in [0.5, 0.6) is 5.75 Å². The molecule has 0 aliphatic carbocycles. The number of para-hydroxylation sites is 1. The Balaban J connectivity index is 1.29. The predicted molar refractivity (Wildman–Crippen MR) is 123 cm³/mol. The van der Waals surface area contributed by atoms with E-state index in [0.717, 1.165) is 24.4 Å². The fourth-order valence-corrected chi connectivity index (χ4v) is 4.83. The quantitative estimate of drug-likeness (QED) is 0.650. The monoisotopic (exact) mass is 429 g/mol. The van der Waals surface area contributed by atoms with Crippen LogP contribution in [0.1, 0.15) is 23.1 Å². The molecule has 3 aromatic rings. The topological polar surface area (TPSA) is 63.7 Å². The van der Waals surface area contributed by atoms with Crippen LogP contribution >= 0.6 is 0 Å². The maximum absolute atomic E-state index is 12.8. The predicted octanol–water partition coefficient (Wildman–Crippen LogP) is 3.45. The molecule has 2 aromatic carbocycles. The van der Waals surface area contributed by atoms with Crippen molar-refractivity contribution in [2.45, 2.75) is 31.0 Å². The first kappa shape index (κ1) is 20.5. The fraction of sp³-hybridized carbons (Fsp3) is 0.308. The first-order chi connectivity index (χ1) is 15.7. The van der Waals surface area contributed by atoms with Crippen LogP contribution in [-0.2, 0) is 28.0 Å². The second kappa shape index (κ2) is 8.63. The first-order valence-corrected chi connectivity index (χ1v) is 10.9. The van der Waals surface area contributed by atoms with Gasteiger partial charge in [-0.15, -0.1) is 0 Å². The molecule has 6 heteroatoms. The number of amides is 1. The largest absolute Gasteiger partial charge is 0.497 e. The van der Waals surface area contributed by atoms with Gasteiger partial charge in [0.2, 0.25) is 5.91 Å². The summed E-state index contributed by atoms with van der Waals surface area (Å²) in [7, 11) is 1.68. The lowest BCUT2D eigenvalue weighted by Crippen LogP contribution is -2.37. The van der Waals surface area contributed by atoms with Gasteiger partial charge in [-0.1, -0.05) is 30.3 Å². The Hall–Kier alpha value is -3.38. The van der Waals surface area contributed by atoms with Crippen molar-refractivity contribution in [3.63, 3.8) is 0 Å². The fourth-order valence-electron chi connectivity index (χ4n) is 4.83. The molecule has 2 aliphatic heterocycles. The molecule has 1 amide bonds. The smallest absolute Gasteiger partial charge is 0.249 e. The minimum absolute atomic E-state index is 0.0511. The van der Waals surface area contributed by atoms with Crippen LogP contribution in [0.15, 0.2) is 73.1 Å². The van der Waals surface area contributed by atoms with E-state index in [-0.39, 0.29) is 11.3 Å².